The highest BCUT2D eigenvalue weighted by atomic mass is 16.5. The van der Waals surface area contributed by atoms with Crippen molar-refractivity contribution in [2.24, 2.45) is 0 Å². The Morgan fingerprint density at radius 3 is 2.75 bits per heavy atom. The van der Waals surface area contributed by atoms with Crippen LogP contribution in [0.5, 0.6) is 0 Å². The van der Waals surface area contributed by atoms with E-state index in [9.17, 15) is 5.11 Å². The molecule has 0 aromatic rings. The van der Waals surface area contributed by atoms with Crippen molar-refractivity contribution in [3.8, 4) is 0 Å². The quantitative estimate of drug-likeness (QED) is 0.652. The zero-order valence-electron chi connectivity index (χ0n) is 10.4. The van der Waals surface area contributed by atoms with Crippen LogP contribution in [0.25, 0.3) is 0 Å². The lowest BCUT2D eigenvalue weighted by Gasteiger charge is -2.40. The maximum atomic E-state index is 9.18. The minimum absolute atomic E-state index is 0.0909. The zero-order chi connectivity index (χ0) is 11.9. The molecule has 16 heavy (non-hydrogen) atoms. The summed E-state index contributed by atoms with van der Waals surface area (Å²) in [5.74, 6) is 0. The Bertz CT molecular complexity index is 195. The first-order valence-electron chi connectivity index (χ1n) is 6.30. The highest BCUT2D eigenvalue weighted by Crippen LogP contribution is 2.25. The second kappa shape index (κ2) is 7.05. The largest absolute Gasteiger partial charge is 0.396 e. The lowest BCUT2D eigenvalue weighted by atomic mass is 9.85. The Morgan fingerprint density at radius 1 is 1.50 bits per heavy atom. The number of hydrogen-bond donors (Lipinski definition) is 2. The lowest BCUT2D eigenvalue weighted by molar-refractivity contribution is 0.0229. The molecule has 3 heteroatoms. The first-order valence-corrected chi connectivity index (χ1v) is 6.30. The molecule has 2 N–H and O–H groups in total. The SMILES string of the molecule is C=CCCC(C)NC1(CCO)CCOCC1. The third kappa shape index (κ3) is 4.24. The van der Waals surface area contributed by atoms with Crippen LogP contribution in [-0.2, 0) is 4.74 Å². The number of aliphatic hydroxyl groups is 1. The molecule has 3 nitrogen and oxygen atoms in total. The standard InChI is InChI=1S/C13H25NO2/c1-3-4-5-12(2)14-13(6-9-15)7-10-16-11-8-13/h3,12,14-15H,1,4-11H2,2H3. The van der Waals surface area contributed by atoms with Gasteiger partial charge in [0.25, 0.3) is 0 Å². The molecule has 1 fully saturated rings. The molecular weight excluding hydrogens is 202 g/mol. The highest BCUT2D eigenvalue weighted by molar-refractivity contribution is 4.92. The summed E-state index contributed by atoms with van der Waals surface area (Å²) in [6, 6.07) is 0.475. The van der Waals surface area contributed by atoms with Gasteiger partial charge in [-0.15, -0.1) is 6.58 Å². The third-order valence-electron chi connectivity index (χ3n) is 3.40. The maximum absolute atomic E-state index is 9.18. The van der Waals surface area contributed by atoms with Crippen LogP contribution < -0.4 is 5.32 Å². The van der Waals surface area contributed by atoms with Gasteiger partial charge in [-0.3, -0.25) is 0 Å². The van der Waals surface area contributed by atoms with Gasteiger partial charge >= 0.3 is 0 Å². The predicted octanol–water partition coefficient (Wildman–Crippen LogP) is 1.86. The van der Waals surface area contributed by atoms with Crippen molar-refractivity contribution in [3.63, 3.8) is 0 Å². The van der Waals surface area contributed by atoms with Crippen molar-refractivity contribution in [1.82, 2.24) is 5.32 Å². The summed E-state index contributed by atoms with van der Waals surface area (Å²) >= 11 is 0. The monoisotopic (exact) mass is 227 g/mol. The number of rotatable bonds is 7. The summed E-state index contributed by atoms with van der Waals surface area (Å²) in [6.45, 7) is 7.82. The second-order valence-electron chi connectivity index (χ2n) is 4.78. The van der Waals surface area contributed by atoms with Crippen molar-refractivity contribution in [2.45, 2.75) is 50.6 Å². The fraction of sp³-hybridized carbons (Fsp3) is 0.846. The molecule has 1 rings (SSSR count). The first-order chi connectivity index (χ1) is 7.72. The predicted molar refractivity (Wildman–Crippen MR) is 66.5 cm³/mol. The molecule has 0 amide bonds. The van der Waals surface area contributed by atoms with E-state index in [0.717, 1.165) is 45.3 Å². The van der Waals surface area contributed by atoms with E-state index in [1.807, 2.05) is 6.08 Å². The number of nitrogens with one attached hydrogen (secondary N) is 1. The van der Waals surface area contributed by atoms with Crippen molar-refractivity contribution >= 4 is 0 Å². The van der Waals surface area contributed by atoms with Crippen molar-refractivity contribution in [1.29, 1.82) is 0 Å². The molecule has 1 unspecified atom stereocenters. The van der Waals surface area contributed by atoms with Crippen LogP contribution in [0.15, 0.2) is 12.7 Å². The smallest absolute Gasteiger partial charge is 0.0483 e. The summed E-state index contributed by atoms with van der Waals surface area (Å²) < 4.78 is 5.40. The minimum Gasteiger partial charge on any atom is -0.396 e. The molecule has 1 aliphatic heterocycles. The van der Waals surface area contributed by atoms with E-state index in [-0.39, 0.29) is 12.1 Å². The summed E-state index contributed by atoms with van der Waals surface area (Å²) in [5, 5.41) is 12.9. The maximum Gasteiger partial charge on any atom is 0.0483 e. The Balaban J connectivity index is 2.45. The lowest BCUT2D eigenvalue weighted by Crippen LogP contribution is -2.53. The molecule has 0 bridgehead atoms. The number of aliphatic hydroxyl groups excluding tert-OH is 1. The summed E-state index contributed by atoms with van der Waals surface area (Å²) in [6.07, 6.45) is 6.95. The molecular formula is C13H25NO2. The fourth-order valence-corrected chi connectivity index (χ4v) is 2.41. The van der Waals surface area contributed by atoms with Gasteiger partial charge in [0, 0.05) is 31.4 Å². The molecule has 0 aromatic carbocycles. The van der Waals surface area contributed by atoms with Gasteiger partial charge in [-0.05, 0) is 39.0 Å². The van der Waals surface area contributed by atoms with Crippen LogP contribution in [0.2, 0.25) is 0 Å². The number of ether oxygens (including phenoxy) is 1. The third-order valence-corrected chi connectivity index (χ3v) is 3.40. The zero-order valence-corrected chi connectivity index (χ0v) is 10.4. The molecule has 0 spiro atoms. The van der Waals surface area contributed by atoms with Gasteiger partial charge in [0.15, 0.2) is 0 Å². The number of allylic oxidation sites excluding steroid dienone is 1. The molecule has 1 heterocycles. The Hall–Kier alpha value is -0.380. The van der Waals surface area contributed by atoms with Gasteiger partial charge in [0.2, 0.25) is 0 Å². The van der Waals surface area contributed by atoms with E-state index in [2.05, 4.69) is 18.8 Å². The van der Waals surface area contributed by atoms with Crippen LogP contribution in [0.1, 0.15) is 39.0 Å². The summed E-state index contributed by atoms with van der Waals surface area (Å²) in [7, 11) is 0. The van der Waals surface area contributed by atoms with Crippen LogP contribution >= 0.6 is 0 Å². The first kappa shape index (κ1) is 13.7. The Labute approximate surface area is 98.9 Å². The van der Waals surface area contributed by atoms with E-state index >= 15 is 0 Å². The van der Waals surface area contributed by atoms with Gasteiger partial charge < -0.3 is 15.2 Å². The van der Waals surface area contributed by atoms with Crippen molar-refractivity contribution in [3.05, 3.63) is 12.7 Å². The van der Waals surface area contributed by atoms with E-state index in [1.165, 1.54) is 0 Å². The normalized spacial score (nSPS) is 21.6. The van der Waals surface area contributed by atoms with E-state index in [0.29, 0.717) is 6.04 Å². The molecule has 0 radical (unpaired) electrons. The number of hydrogen-bond acceptors (Lipinski definition) is 3. The van der Waals surface area contributed by atoms with Crippen LogP contribution in [0.4, 0.5) is 0 Å². The van der Waals surface area contributed by atoms with Gasteiger partial charge in [-0.2, -0.15) is 0 Å². The Morgan fingerprint density at radius 2 is 2.19 bits per heavy atom. The minimum atomic E-state index is 0.0909. The van der Waals surface area contributed by atoms with Crippen LogP contribution in [0, 0.1) is 0 Å². The fourth-order valence-electron chi connectivity index (χ4n) is 2.41. The van der Waals surface area contributed by atoms with E-state index < -0.39 is 0 Å². The summed E-state index contributed by atoms with van der Waals surface area (Å²) in [4.78, 5) is 0. The molecule has 1 atom stereocenters. The second-order valence-corrected chi connectivity index (χ2v) is 4.78. The molecule has 1 saturated heterocycles. The Kier molecular flexibility index (Phi) is 6.03. The molecule has 0 aromatic heterocycles. The summed E-state index contributed by atoms with van der Waals surface area (Å²) in [5.41, 5.74) is 0.0909. The van der Waals surface area contributed by atoms with Gasteiger partial charge in [-0.1, -0.05) is 6.08 Å². The average molecular weight is 227 g/mol. The van der Waals surface area contributed by atoms with E-state index in [1.54, 1.807) is 0 Å². The van der Waals surface area contributed by atoms with Crippen LogP contribution in [-0.4, -0.2) is 36.5 Å². The molecule has 1 aliphatic rings. The molecule has 94 valence electrons. The topological polar surface area (TPSA) is 41.5 Å². The van der Waals surface area contributed by atoms with Gasteiger partial charge in [0.05, 0.1) is 0 Å². The van der Waals surface area contributed by atoms with Gasteiger partial charge in [-0.25, -0.2) is 0 Å². The molecule has 0 saturated carbocycles. The molecule has 0 aliphatic carbocycles. The van der Waals surface area contributed by atoms with E-state index in [4.69, 9.17) is 4.74 Å². The highest BCUT2D eigenvalue weighted by Gasteiger charge is 2.32. The van der Waals surface area contributed by atoms with Gasteiger partial charge in [0.1, 0.15) is 0 Å². The van der Waals surface area contributed by atoms with Crippen molar-refractivity contribution in [2.75, 3.05) is 19.8 Å². The van der Waals surface area contributed by atoms with Crippen molar-refractivity contribution < 1.29 is 9.84 Å². The average Bonchev–Trinajstić information content (AvgIpc) is 2.28. The van der Waals surface area contributed by atoms with Crippen LogP contribution in [0.3, 0.4) is 0 Å².